The second kappa shape index (κ2) is 11.0. The quantitative estimate of drug-likeness (QED) is 0.221. The summed E-state index contributed by atoms with van der Waals surface area (Å²) in [5.74, 6) is 1.99. The predicted molar refractivity (Wildman–Crippen MR) is 163 cm³/mol. The van der Waals surface area contributed by atoms with E-state index in [1.807, 2.05) is 73.1 Å². The van der Waals surface area contributed by atoms with Crippen LogP contribution in [0.25, 0.3) is 5.65 Å². The number of amides is 1. The van der Waals surface area contributed by atoms with Crippen LogP contribution in [0.5, 0.6) is 17.2 Å². The van der Waals surface area contributed by atoms with Crippen molar-refractivity contribution in [2.75, 3.05) is 20.8 Å². The van der Waals surface area contributed by atoms with Crippen molar-refractivity contribution in [1.29, 1.82) is 0 Å². The van der Waals surface area contributed by atoms with Crippen molar-refractivity contribution in [3.8, 4) is 17.2 Å². The zero-order valence-corrected chi connectivity index (χ0v) is 25.3. The first-order valence-corrected chi connectivity index (χ1v) is 14.8. The molecular weight excluding hydrogens is 526 g/mol. The Bertz CT molecular complexity index is 1560. The van der Waals surface area contributed by atoms with Crippen LogP contribution in [0, 0.1) is 10.8 Å². The fourth-order valence-electron chi connectivity index (χ4n) is 7.58. The molecule has 6 rings (SSSR count). The highest BCUT2D eigenvalue weighted by Gasteiger charge is 2.51. The van der Waals surface area contributed by atoms with E-state index in [2.05, 4.69) is 30.1 Å². The van der Waals surface area contributed by atoms with E-state index in [0.717, 1.165) is 48.3 Å². The molecule has 1 saturated heterocycles. The van der Waals surface area contributed by atoms with E-state index in [1.165, 1.54) is 0 Å². The number of hydrogen-bond acceptors (Lipinski definition) is 5. The van der Waals surface area contributed by atoms with Gasteiger partial charge in [-0.3, -0.25) is 4.79 Å². The van der Waals surface area contributed by atoms with E-state index in [-0.39, 0.29) is 28.7 Å². The van der Waals surface area contributed by atoms with E-state index >= 15 is 0 Å². The Morgan fingerprint density at radius 3 is 2.45 bits per heavy atom. The molecule has 2 fully saturated rings. The van der Waals surface area contributed by atoms with Gasteiger partial charge in [0.25, 0.3) is 0 Å². The summed E-state index contributed by atoms with van der Waals surface area (Å²) in [6.45, 7) is 8.29. The molecule has 3 atom stereocenters. The van der Waals surface area contributed by atoms with Crippen molar-refractivity contribution in [1.82, 2.24) is 14.3 Å². The number of hydrogen-bond donors (Lipinski definition) is 0. The van der Waals surface area contributed by atoms with Gasteiger partial charge in [-0.1, -0.05) is 51.1 Å². The highest BCUT2D eigenvalue weighted by atomic mass is 16.5. The first-order valence-electron chi connectivity index (χ1n) is 14.8. The second-order valence-electron chi connectivity index (χ2n) is 13.2. The summed E-state index contributed by atoms with van der Waals surface area (Å²) < 4.78 is 19.5. The van der Waals surface area contributed by atoms with Crippen LogP contribution in [-0.4, -0.2) is 47.0 Å². The molecule has 3 heterocycles. The first-order chi connectivity index (χ1) is 20.2. The van der Waals surface area contributed by atoms with Crippen LogP contribution in [0.2, 0.25) is 0 Å². The summed E-state index contributed by atoms with van der Waals surface area (Å²) in [7, 11) is 3.30. The molecular formula is C35H41N3O4. The zero-order valence-electron chi connectivity index (χ0n) is 25.3. The van der Waals surface area contributed by atoms with E-state index in [0.29, 0.717) is 30.3 Å². The molecule has 1 amide bonds. The Kier molecular flexibility index (Phi) is 7.37. The number of imidazole rings is 1. The average molecular weight is 568 g/mol. The highest BCUT2D eigenvalue weighted by Crippen LogP contribution is 2.53. The first kappa shape index (κ1) is 28.1. The molecule has 7 heteroatoms. The predicted octanol–water partition coefficient (Wildman–Crippen LogP) is 6.88. The van der Waals surface area contributed by atoms with Crippen LogP contribution in [0.3, 0.4) is 0 Å². The number of methoxy groups -OCH3 is 2. The molecule has 4 aromatic rings. The normalized spacial score (nSPS) is 21.7. The van der Waals surface area contributed by atoms with Crippen LogP contribution in [0.15, 0.2) is 73.1 Å². The number of carbonyl (C=O) groups is 1. The maximum Gasteiger partial charge on any atom is 0.223 e. The molecule has 2 aromatic heterocycles. The van der Waals surface area contributed by atoms with Crippen LogP contribution < -0.4 is 14.2 Å². The number of ether oxygens (including phenoxy) is 3. The summed E-state index contributed by atoms with van der Waals surface area (Å²) in [5, 5.41) is 0. The minimum absolute atomic E-state index is 0.172. The third-order valence-corrected chi connectivity index (χ3v) is 9.01. The number of fused-ring (bicyclic) bond motifs is 3. The Morgan fingerprint density at radius 1 is 1.00 bits per heavy atom. The lowest BCUT2D eigenvalue weighted by Crippen LogP contribution is -2.38. The molecule has 2 aromatic carbocycles. The number of rotatable bonds is 9. The van der Waals surface area contributed by atoms with Gasteiger partial charge in [0.2, 0.25) is 5.91 Å². The maximum absolute atomic E-state index is 14.2. The van der Waals surface area contributed by atoms with E-state index in [1.54, 1.807) is 14.2 Å². The number of pyridine rings is 1. The van der Waals surface area contributed by atoms with Gasteiger partial charge in [0.05, 0.1) is 19.9 Å². The largest absolute Gasteiger partial charge is 0.497 e. The number of nitrogens with zero attached hydrogens (tertiary/aromatic N) is 3. The molecule has 2 bridgehead atoms. The van der Waals surface area contributed by atoms with Gasteiger partial charge in [0.15, 0.2) is 11.4 Å². The topological polar surface area (TPSA) is 65.3 Å². The summed E-state index contributed by atoms with van der Waals surface area (Å²) in [4.78, 5) is 21.2. The number of benzene rings is 2. The Hall–Kier alpha value is -4.00. The monoisotopic (exact) mass is 567 g/mol. The summed E-state index contributed by atoms with van der Waals surface area (Å²) >= 11 is 0. The van der Waals surface area contributed by atoms with E-state index in [4.69, 9.17) is 19.2 Å². The second-order valence-corrected chi connectivity index (χ2v) is 13.2. The number of carbonyl (C=O) groups excluding carboxylic acids is 1. The maximum atomic E-state index is 14.2. The number of aromatic nitrogens is 2. The standard InChI is InChI=1S/C35H41N3O4/c1-34(2)18-26-19-35(3,22-34)23-38(26)32(39)17-29(25-14-27(40-4)16-28(15-25)41-5)30-20-36-33-31(12-9-13-37(30)33)42-21-24-10-7-6-8-11-24/h6-16,20,26,29H,17-19,21-23H2,1-5H3. The van der Waals surface area contributed by atoms with Gasteiger partial charge in [-0.25, -0.2) is 4.98 Å². The molecule has 1 aliphatic heterocycles. The van der Waals surface area contributed by atoms with Crippen molar-refractivity contribution in [2.24, 2.45) is 10.8 Å². The molecule has 220 valence electrons. The van der Waals surface area contributed by atoms with Crippen molar-refractivity contribution in [3.05, 3.63) is 89.9 Å². The molecule has 0 spiro atoms. The van der Waals surface area contributed by atoms with E-state index < -0.39 is 0 Å². The van der Waals surface area contributed by atoms with Crippen LogP contribution in [0.1, 0.15) is 69.2 Å². The van der Waals surface area contributed by atoms with Crippen LogP contribution in [-0.2, 0) is 11.4 Å². The van der Waals surface area contributed by atoms with Crippen molar-refractivity contribution < 1.29 is 19.0 Å². The van der Waals surface area contributed by atoms with Gasteiger partial charge in [-0.2, -0.15) is 0 Å². The molecule has 1 aliphatic carbocycles. The lowest BCUT2D eigenvalue weighted by molar-refractivity contribution is -0.132. The Labute approximate surface area is 248 Å². The molecule has 7 nitrogen and oxygen atoms in total. The van der Waals surface area contributed by atoms with Crippen molar-refractivity contribution >= 4 is 11.6 Å². The molecule has 0 N–H and O–H groups in total. The molecule has 1 saturated carbocycles. The van der Waals surface area contributed by atoms with Gasteiger partial charge in [-0.15, -0.1) is 0 Å². The Morgan fingerprint density at radius 2 is 1.74 bits per heavy atom. The minimum atomic E-state index is -0.262. The van der Waals surface area contributed by atoms with Crippen LogP contribution >= 0.6 is 0 Å². The molecule has 2 aliphatic rings. The third kappa shape index (κ3) is 5.57. The minimum Gasteiger partial charge on any atom is -0.497 e. The third-order valence-electron chi connectivity index (χ3n) is 9.01. The van der Waals surface area contributed by atoms with Gasteiger partial charge < -0.3 is 23.5 Å². The van der Waals surface area contributed by atoms with Gasteiger partial charge in [0, 0.05) is 43.4 Å². The summed E-state index contributed by atoms with van der Waals surface area (Å²) in [6, 6.07) is 20.2. The number of likely N-dealkylation sites (tertiary alicyclic amines) is 1. The fourth-order valence-corrected chi connectivity index (χ4v) is 7.58. The SMILES string of the molecule is COc1cc(OC)cc(C(CC(=O)N2CC3(C)CC2CC(C)(C)C3)c2cnc3c(OCc4ccccc4)cccn23)c1. The molecule has 0 radical (unpaired) electrons. The molecule has 3 unspecified atom stereocenters. The van der Waals surface area contributed by atoms with Crippen LogP contribution in [0.4, 0.5) is 0 Å². The van der Waals surface area contributed by atoms with Gasteiger partial charge >= 0.3 is 0 Å². The Balaban J connectivity index is 1.36. The van der Waals surface area contributed by atoms with Gasteiger partial charge in [-0.05, 0) is 65.5 Å². The summed E-state index contributed by atoms with van der Waals surface area (Å²) in [6.07, 6.45) is 7.47. The van der Waals surface area contributed by atoms with Crippen molar-refractivity contribution in [2.45, 2.75) is 65.0 Å². The smallest absolute Gasteiger partial charge is 0.223 e. The highest BCUT2D eigenvalue weighted by molar-refractivity contribution is 5.79. The average Bonchev–Trinajstić information content (AvgIpc) is 3.52. The molecule has 42 heavy (non-hydrogen) atoms. The summed E-state index contributed by atoms with van der Waals surface area (Å²) in [5.41, 5.74) is 4.10. The van der Waals surface area contributed by atoms with Gasteiger partial charge in [0.1, 0.15) is 18.1 Å². The zero-order chi connectivity index (χ0) is 29.5. The van der Waals surface area contributed by atoms with E-state index in [9.17, 15) is 4.79 Å². The van der Waals surface area contributed by atoms with Crippen molar-refractivity contribution in [3.63, 3.8) is 0 Å². The lowest BCUT2D eigenvalue weighted by Gasteiger charge is -2.39. The lowest BCUT2D eigenvalue weighted by atomic mass is 9.65. The fraction of sp³-hybridized carbons (Fsp3) is 0.429.